The van der Waals surface area contributed by atoms with E-state index in [4.69, 9.17) is 5.73 Å². The molecule has 0 fully saturated rings. The van der Waals surface area contributed by atoms with Crippen LogP contribution in [0.5, 0.6) is 0 Å². The van der Waals surface area contributed by atoms with Gasteiger partial charge in [-0.05, 0) is 37.2 Å². The number of para-hydroxylation sites is 1. The number of pyridine rings is 2. The second-order valence-corrected chi connectivity index (χ2v) is 5.76. The Morgan fingerprint density at radius 2 is 2.00 bits per heavy atom. The summed E-state index contributed by atoms with van der Waals surface area (Å²) < 4.78 is 0. The van der Waals surface area contributed by atoms with Crippen LogP contribution in [0.3, 0.4) is 0 Å². The molecule has 3 N–H and O–H groups in total. The van der Waals surface area contributed by atoms with Gasteiger partial charge in [0.1, 0.15) is 5.69 Å². The van der Waals surface area contributed by atoms with Crippen molar-refractivity contribution < 1.29 is 4.79 Å². The molecule has 2 heterocycles. The van der Waals surface area contributed by atoms with Crippen LogP contribution in [-0.2, 0) is 0 Å². The van der Waals surface area contributed by atoms with Crippen LogP contribution < -0.4 is 16.0 Å². The summed E-state index contributed by atoms with van der Waals surface area (Å²) >= 11 is 0. The minimum atomic E-state index is -0.253. The fraction of sp³-hybridized carbons (Fsp3) is 0.211. The Bertz CT molecular complexity index is 866. The predicted molar refractivity (Wildman–Crippen MR) is 101 cm³/mol. The van der Waals surface area contributed by atoms with Gasteiger partial charge in [-0.3, -0.25) is 14.8 Å². The van der Waals surface area contributed by atoms with E-state index in [0.717, 1.165) is 29.6 Å². The van der Waals surface area contributed by atoms with E-state index in [2.05, 4.69) is 20.2 Å². The highest BCUT2D eigenvalue weighted by Crippen LogP contribution is 2.29. The molecular weight excluding hydrogens is 314 g/mol. The second-order valence-electron chi connectivity index (χ2n) is 5.76. The predicted octanol–water partition coefficient (Wildman–Crippen LogP) is 2.67. The van der Waals surface area contributed by atoms with E-state index in [0.29, 0.717) is 17.9 Å². The Morgan fingerprint density at radius 3 is 2.76 bits per heavy atom. The Balaban J connectivity index is 1.93. The molecule has 2 aromatic heterocycles. The normalized spacial score (nSPS) is 10.6. The van der Waals surface area contributed by atoms with E-state index in [1.807, 2.05) is 31.3 Å². The van der Waals surface area contributed by atoms with Gasteiger partial charge < -0.3 is 16.0 Å². The zero-order valence-electron chi connectivity index (χ0n) is 14.1. The monoisotopic (exact) mass is 335 g/mol. The molecule has 0 saturated heterocycles. The molecule has 0 atom stereocenters. The molecule has 0 bridgehead atoms. The Morgan fingerprint density at radius 1 is 1.12 bits per heavy atom. The zero-order chi connectivity index (χ0) is 17.6. The summed E-state index contributed by atoms with van der Waals surface area (Å²) in [4.78, 5) is 23.1. The summed E-state index contributed by atoms with van der Waals surface area (Å²) in [6, 6.07) is 13.0. The number of nitrogens with two attached hydrogens (primary N) is 1. The van der Waals surface area contributed by atoms with Crippen LogP contribution >= 0.6 is 0 Å². The summed E-state index contributed by atoms with van der Waals surface area (Å²) in [6.07, 6.45) is 4.27. The first-order valence-corrected chi connectivity index (χ1v) is 8.22. The first kappa shape index (κ1) is 16.9. The van der Waals surface area contributed by atoms with Crippen LogP contribution in [0.25, 0.3) is 10.9 Å². The molecular formula is C19H21N5O. The maximum absolute atomic E-state index is 12.4. The number of nitrogens with zero attached hydrogens (tertiary/aromatic N) is 3. The molecule has 1 amide bonds. The van der Waals surface area contributed by atoms with Gasteiger partial charge in [-0.1, -0.05) is 18.2 Å². The Hall–Kier alpha value is -2.99. The molecule has 3 rings (SSSR count). The smallest absolute Gasteiger partial charge is 0.274 e. The summed E-state index contributed by atoms with van der Waals surface area (Å²) in [6.45, 7) is 1.51. The number of nitrogens with one attached hydrogen (secondary N) is 1. The Labute approximate surface area is 146 Å². The fourth-order valence-electron chi connectivity index (χ4n) is 2.73. The maximum atomic E-state index is 12.4. The van der Waals surface area contributed by atoms with E-state index in [9.17, 15) is 4.79 Å². The van der Waals surface area contributed by atoms with Crippen LogP contribution in [-0.4, -0.2) is 36.0 Å². The van der Waals surface area contributed by atoms with E-state index in [1.165, 1.54) is 0 Å². The molecule has 0 spiro atoms. The lowest BCUT2D eigenvalue weighted by Gasteiger charge is -2.21. The van der Waals surface area contributed by atoms with Gasteiger partial charge in [0.2, 0.25) is 0 Å². The molecule has 25 heavy (non-hydrogen) atoms. The van der Waals surface area contributed by atoms with E-state index in [1.54, 1.807) is 30.6 Å². The van der Waals surface area contributed by atoms with Crippen LogP contribution in [0.2, 0.25) is 0 Å². The molecule has 3 aromatic rings. The van der Waals surface area contributed by atoms with E-state index in [-0.39, 0.29) is 5.91 Å². The highest BCUT2D eigenvalue weighted by atomic mass is 16.1. The number of carbonyl (C=O) groups is 1. The van der Waals surface area contributed by atoms with Gasteiger partial charge in [0, 0.05) is 37.1 Å². The molecule has 0 radical (unpaired) electrons. The van der Waals surface area contributed by atoms with Crippen LogP contribution in [0.1, 0.15) is 16.9 Å². The number of hydrogen-bond donors (Lipinski definition) is 2. The molecule has 0 aliphatic carbocycles. The van der Waals surface area contributed by atoms with Gasteiger partial charge in [0.05, 0.1) is 11.2 Å². The van der Waals surface area contributed by atoms with Gasteiger partial charge in [-0.25, -0.2) is 0 Å². The topological polar surface area (TPSA) is 84.1 Å². The third-order valence-electron chi connectivity index (χ3n) is 4.00. The van der Waals surface area contributed by atoms with Crippen molar-refractivity contribution in [3.63, 3.8) is 0 Å². The quantitative estimate of drug-likeness (QED) is 0.723. The van der Waals surface area contributed by atoms with Gasteiger partial charge in [0.15, 0.2) is 0 Å². The van der Waals surface area contributed by atoms with Gasteiger partial charge in [-0.2, -0.15) is 0 Å². The first-order valence-electron chi connectivity index (χ1n) is 8.22. The number of benzene rings is 1. The lowest BCUT2D eigenvalue weighted by atomic mass is 10.1. The lowest BCUT2D eigenvalue weighted by molar-refractivity contribution is 0.102. The molecule has 6 nitrogen and oxygen atoms in total. The lowest BCUT2D eigenvalue weighted by Crippen LogP contribution is -2.21. The molecule has 0 aliphatic heterocycles. The average Bonchev–Trinajstić information content (AvgIpc) is 2.66. The summed E-state index contributed by atoms with van der Waals surface area (Å²) in [5.74, 6) is -0.253. The van der Waals surface area contributed by atoms with Crippen LogP contribution in [0.4, 0.5) is 11.4 Å². The van der Waals surface area contributed by atoms with Gasteiger partial charge >= 0.3 is 0 Å². The third kappa shape index (κ3) is 3.75. The maximum Gasteiger partial charge on any atom is 0.274 e. The standard InChI is InChI=1S/C19H21N5O/c1-24(13-5-10-20)17-9-12-22-18-14(17)6-4-8-15(18)23-19(25)16-7-2-3-11-21-16/h2-4,6-9,11-12H,5,10,13,20H2,1H3,(H,23,25). The van der Waals surface area contributed by atoms with Crippen molar-refractivity contribution in [2.75, 3.05) is 30.4 Å². The van der Waals surface area contributed by atoms with Crippen molar-refractivity contribution >= 4 is 28.2 Å². The summed E-state index contributed by atoms with van der Waals surface area (Å²) in [5.41, 5.74) is 8.47. The fourth-order valence-corrected chi connectivity index (χ4v) is 2.73. The molecule has 0 saturated carbocycles. The van der Waals surface area contributed by atoms with Crippen LogP contribution in [0.15, 0.2) is 54.9 Å². The van der Waals surface area contributed by atoms with Crippen LogP contribution in [0, 0.1) is 0 Å². The average molecular weight is 335 g/mol. The number of anilines is 2. The molecule has 128 valence electrons. The molecule has 0 aliphatic rings. The summed E-state index contributed by atoms with van der Waals surface area (Å²) in [7, 11) is 2.03. The van der Waals surface area contributed by atoms with E-state index < -0.39 is 0 Å². The molecule has 0 unspecified atom stereocenters. The number of hydrogen-bond acceptors (Lipinski definition) is 5. The second kappa shape index (κ2) is 7.72. The minimum absolute atomic E-state index is 0.253. The van der Waals surface area contributed by atoms with Crippen molar-refractivity contribution in [3.05, 3.63) is 60.6 Å². The first-order chi connectivity index (χ1) is 12.2. The van der Waals surface area contributed by atoms with E-state index >= 15 is 0 Å². The number of carbonyl (C=O) groups excluding carboxylic acids is 1. The minimum Gasteiger partial charge on any atom is -0.374 e. The molecule has 6 heteroatoms. The van der Waals surface area contributed by atoms with Crippen molar-refractivity contribution in [2.24, 2.45) is 5.73 Å². The van der Waals surface area contributed by atoms with Crippen molar-refractivity contribution in [1.82, 2.24) is 9.97 Å². The third-order valence-corrected chi connectivity index (χ3v) is 4.00. The Kier molecular flexibility index (Phi) is 5.20. The van der Waals surface area contributed by atoms with Gasteiger partial charge in [0.25, 0.3) is 5.91 Å². The molecule has 1 aromatic carbocycles. The van der Waals surface area contributed by atoms with Crippen molar-refractivity contribution in [2.45, 2.75) is 6.42 Å². The number of aromatic nitrogens is 2. The number of rotatable bonds is 6. The van der Waals surface area contributed by atoms with Gasteiger partial charge in [-0.15, -0.1) is 0 Å². The summed E-state index contributed by atoms with van der Waals surface area (Å²) in [5, 5.41) is 3.89. The highest BCUT2D eigenvalue weighted by molar-refractivity contribution is 6.08. The number of amides is 1. The zero-order valence-corrected chi connectivity index (χ0v) is 14.1. The SMILES string of the molecule is CN(CCCN)c1ccnc2c(NC(=O)c3ccccn3)cccc12. The largest absolute Gasteiger partial charge is 0.374 e. The van der Waals surface area contributed by atoms with Crippen molar-refractivity contribution in [3.8, 4) is 0 Å². The number of fused-ring (bicyclic) bond motifs is 1. The van der Waals surface area contributed by atoms with Crippen molar-refractivity contribution in [1.29, 1.82) is 0 Å². The highest BCUT2D eigenvalue weighted by Gasteiger charge is 2.12.